The second-order valence-corrected chi connectivity index (χ2v) is 9.98. The van der Waals surface area contributed by atoms with Gasteiger partial charge >= 0.3 is 0 Å². The third-order valence-electron chi connectivity index (χ3n) is 7.60. The van der Waals surface area contributed by atoms with Gasteiger partial charge in [0.1, 0.15) is 0 Å². The van der Waals surface area contributed by atoms with Gasteiger partial charge in [-0.3, -0.25) is 14.9 Å². The first-order valence-corrected chi connectivity index (χ1v) is 12.6. The molecule has 1 aliphatic heterocycles. The van der Waals surface area contributed by atoms with Crippen LogP contribution in [0.5, 0.6) is 0 Å². The Morgan fingerprint density at radius 1 is 1.11 bits per heavy atom. The Balaban J connectivity index is 1.33. The van der Waals surface area contributed by atoms with Crippen molar-refractivity contribution < 1.29 is 9.72 Å². The standard InChI is InChI=1S/C28H36N4O3/c1-2-14-31(28(33)17-21-8-10-26(11-9-21)32(34)35)25-12-15-30(16-13-25)20-23-18-24(29)19-27(23)22-6-4-3-5-7-22/h2-11,23-25,27H,1,12-20,29H2/t23-,24+,27-/m1/s1. The summed E-state index contributed by atoms with van der Waals surface area (Å²) in [5.74, 6) is 1.13. The summed E-state index contributed by atoms with van der Waals surface area (Å²) in [6, 6.07) is 17.4. The van der Waals surface area contributed by atoms with E-state index in [2.05, 4.69) is 41.8 Å². The smallest absolute Gasteiger partial charge is 0.269 e. The number of hydrogen-bond donors (Lipinski definition) is 1. The number of hydrogen-bond acceptors (Lipinski definition) is 5. The molecule has 0 spiro atoms. The molecule has 4 rings (SSSR count). The molecule has 0 unspecified atom stereocenters. The van der Waals surface area contributed by atoms with Crippen LogP contribution in [0.4, 0.5) is 5.69 Å². The van der Waals surface area contributed by atoms with Gasteiger partial charge < -0.3 is 15.5 Å². The molecule has 2 aromatic rings. The van der Waals surface area contributed by atoms with E-state index in [4.69, 9.17) is 5.73 Å². The normalized spacial score (nSPS) is 23.2. The fourth-order valence-electron chi connectivity index (χ4n) is 5.83. The fourth-order valence-corrected chi connectivity index (χ4v) is 5.83. The van der Waals surface area contributed by atoms with Crippen molar-refractivity contribution in [3.05, 3.63) is 88.5 Å². The Labute approximate surface area is 207 Å². The van der Waals surface area contributed by atoms with Crippen LogP contribution < -0.4 is 5.73 Å². The minimum atomic E-state index is -0.426. The molecule has 2 N–H and O–H groups in total. The van der Waals surface area contributed by atoms with Crippen molar-refractivity contribution in [1.29, 1.82) is 0 Å². The first kappa shape index (κ1) is 25.1. The summed E-state index contributed by atoms with van der Waals surface area (Å²) in [4.78, 5) is 28.1. The molecule has 186 valence electrons. The third-order valence-corrected chi connectivity index (χ3v) is 7.60. The van der Waals surface area contributed by atoms with Crippen LogP contribution in [-0.2, 0) is 11.2 Å². The van der Waals surface area contributed by atoms with Gasteiger partial charge in [0.2, 0.25) is 5.91 Å². The number of nitro benzene ring substituents is 1. The quantitative estimate of drug-likeness (QED) is 0.334. The van der Waals surface area contributed by atoms with E-state index in [1.165, 1.54) is 17.7 Å². The maximum Gasteiger partial charge on any atom is 0.269 e. The highest BCUT2D eigenvalue weighted by Crippen LogP contribution is 2.39. The Morgan fingerprint density at radius 2 is 1.80 bits per heavy atom. The van der Waals surface area contributed by atoms with Crippen LogP contribution in [0.2, 0.25) is 0 Å². The monoisotopic (exact) mass is 476 g/mol. The van der Waals surface area contributed by atoms with Crippen LogP contribution in [0.25, 0.3) is 0 Å². The number of carbonyl (C=O) groups is 1. The molecule has 0 radical (unpaired) electrons. The Kier molecular flexibility index (Phi) is 8.31. The van der Waals surface area contributed by atoms with Crippen molar-refractivity contribution in [3.8, 4) is 0 Å². The number of nitrogens with zero attached hydrogens (tertiary/aromatic N) is 3. The summed E-state index contributed by atoms with van der Waals surface area (Å²) in [5, 5.41) is 10.9. The Hall–Kier alpha value is -3.03. The molecule has 7 nitrogen and oxygen atoms in total. The number of benzene rings is 2. The summed E-state index contributed by atoms with van der Waals surface area (Å²) < 4.78 is 0. The summed E-state index contributed by atoms with van der Waals surface area (Å²) >= 11 is 0. The van der Waals surface area contributed by atoms with Gasteiger partial charge in [0.25, 0.3) is 5.69 Å². The summed E-state index contributed by atoms with van der Waals surface area (Å²) in [5.41, 5.74) is 8.59. The molecule has 0 bridgehead atoms. The van der Waals surface area contributed by atoms with Gasteiger partial charge in [0, 0.05) is 50.4 Å². The predicted molar refractivity (Wildman–Crippen MR) is 138 cm³/mol. The average Bonchev–Trinajstić information content (AvgIpc) is 3.23. The summed E-state index contributed by atoms with van der Waals surface area (Å²) in [6.45, 7) is 7.36. The van der Waals surface area contributed by atoms with Gasteiger partial charge in [-0.15, -0.1) is 6.58 Å². The molecule has 3 atom stereocenters. The molecule has 1 amide bonds. The van der Waals surface area contributed by atoms with Gasteiger partial charge in [0.15, 0.2) is 0 Å². The number of non-ortho nitro benzene ring substituents is 1. The lowest BCUT2D eigenvalue weighted by Crippen LogP contribution is -2.48. The Bertz CT molecular complexity index is 1000. The number of nitro groups is 1. The van der Waals surface area contributed by atoms with E-state index >= 15 is 0 Å². The van der Waals surface area contributed by atoms with E-state index in [1.54, 1.807) is 18.2 Å². The summed E-state index contributed by atoms with van der Waals surface area (Å²) in [6.07, 6.45) is 6.02. The van der Waals surface area contributed by atoms with E-state index in [-0.39, 0.29) is 30.1 Å². The molecule has 1 heterocycles. The zero-order valence-electron chi connectivity index (χ0n) is 20.3. The Morgan fingerprint density at radius 3 is 2.43 bits per heavy atom. The second kappa shape index (κ2) is 11.6. The number of amides is 1. The van der Waals surface area contributed by atoms with E-state index in [9.17, 15) is 14.9 Å². The highest BCUT2D eigenvalue weighted by molar-refractivity contribution is 5.79. The van der Waals surface area contributed by atoms with Crippen molar-refractivity contribution in [2.24, 2.45) is 11.7 Å². The lowest BCUT2D eigenvalue weighted by atomic mass is 9.88. The van der Waals surface area contributed by atoms with Crippen LogP contribution in [0, 0.1) is 16.0 Å². The minimum absolute atomic E-state index is 0.0363. The largest absolute Gasteiger partial charge is 0.336 e. The topological polar surface area (TPSA) is 92.7 Å². The first-order valence-electron chi connectivity index (χ1n) is 12.6. The molecule has 2 fully saturated rings. The molecule has 7 heteroatoms. The molecule has 0 aromatic heterocycles. The van der Waals surface area contributed by atoms with Crippen molar-refractivity contribution in [3.63, 3.8) is 0 Å². The predicted octanol–water partition coefficient (Wildman–Crippen LogP) is 4.14. The minimum Gasteiger partial charge on any atom is -0.336 e. The highest BCUT2D eigenvalue weighted by atomic mass is 16.6. The van der Waals surface area contributed by atoms with Crippen molar-refractivity contribution in [2.45, 2.75) is 50.1 Å². The van der Waals surface area contributed by atoms with Crippen molar-refractivity contribution in [1.82, 2.24) is 9.80 Å². The van der Waals surface area contributed by atoms with Crippen LogP contribution in [0.15, 0.2) is 67.3 Å². The highest BCUT2D eigenvalue weighted by Gasteiger charge is 2.36. The van der Waals surface area contributed by atoms with Gasteiger partial charge in [-0.2, -0.15) is 0 Å². The molecule has 1 aliphatic carbocycles. The SMILES string of the molecule is C=CCN(C(=O)Cc1ccc([N+](=O)[O-])cc1)C1CCN(C[C@H]2C[C@H](N)C[C@@H]2c2ccccc2)CC1. The van der Waals surface area contributed by atoms with Crippen molar-refractivity contribution in [2.75, 3.05) is 26.2 Å². The number of rotatable bonds is 9. The molecule has 35 heavy (non-hydrogen) atoms. The van der Waals surface area contributed by atoms with Crippen LogP contribution in [0.1, 0.15) is 42.7 Å². The van der Waals surface area contributed by atoms with E-state index in [1.807, 2.05) is 4.90 Å². The lowest BCUT2D eigenvalue weighted by Gasteiger charge is -2.39. The molecule has 1 saturated heterocycles. The van der Waals surface area contributed by atoms with Gasteiger partial charge in [0.05, 0.1) is 11.3 Å². The van der Waals surface area contributed by atoms with E-state index < -0.39 is 4.92 Å². The van der Waals surface area contributed by atoms with Crippen LogP contribution in [0.3, 0.4) is 0 Å². The van der Waals surface area contributed by atoms with E-state index in [0.717, 1.165) is 50.9 Å². The second-order valence-electron chi connectivity index (χ2n) is 9.98. The number of likely N-dealkylation sites (tertiary alicyclic amines) is 1. The zero-order chi connectivity index (χ0) is 24.8. The van der Waals surface area contributed by atoms with Crippen LogP contribution in [-0.4, -0.2) is 58.9 Å². The molecule has 1 saturated carbocycles. The zero-order valence-corrected chi connectivity index (χ0v) is 20.3. The number of piperidine rings is 1. The first-order chi connectivity index (χ1) is 16.9. The van der Waals surface area contributed by atoms with Gasteiger partial charge in [-0.1, -0.05) is 48.5 Å². The molecule has 2 aliphatic rings. The van der Waals surface area contributed by atoms with Crippen molar-refractivity contribution >= 4 is 11.6 Å². The molecule has 2 aromatic carbocycles. The molecular weight excluding hydrogens is 440 g/mol. The van der Waals surface area contributed by atoms with Gasteiger partial charge in [-0.05, 0) is 48.6 Å². The number of nitrogens with two attached hydrogens (primary N) is 1. The van der Waals surface area contributed by atoms with Crippen LogP contribution >= 0.6 is 0 Å². The summed E-state index contributed by atoms with van der Waals surface area (Å²) in [7, 11) is 0. The lowest BCUT2D eigenvalue weighted by molar-refractivity contribution is -0.384. The maximum absolute atomic E-state index is 13.1. The fraction of sp³-hybridized carbons (Fsp3) is 0.464. The molecular formula is C28H36N4O3. The third kappa shape index (κ3) is 6.35. The van der Waals surface area contributed by atoms with Gasteiger partial charge in [-0.25, -0.2) is 0 Å². The van der Waals surface area contributed by atoms with E-state index in [0.29, 0.717) is 18.4 Å². The number of carbonyl (C=O) groups excluding carboxylic acids is 1. The maximum atomic E-state index is 13.1. The average molecular weight is 477 g/mol.